The summed E-state index contributed by atoms with van der Waals surface area (Å²) in [5, 5.41) is 14.9. The van der Waals surface area contributed by atoms with Crippen molar-refractivity contribution in [2.45, 2.75) is 12.8 Å². The van der Waals surface area contributed by atoms with Crippen LogP contribution in [0, 0.1) is 15.9 Å². The van der Waals surface area contributed by atoms with Crippen molar-refractivity contribution in [3.05, 3.63) is 99.4 Å². The van der Waals surface area contributed by atoms with Gasteiger partial charge in [-0.1, -0.05) is 12.1 Å². The molecule has 3 aromatic carbocycles. The lowest BCUT2D eigenvalue weighted by Crippen LogP contribution is -2.06. The van der Waals surface area contributed by atoms with Gasteiger partial charge >= 0.3 is 6.18 Å². The normalized spacial score (nSPS) is 11.5. The van der Waals surface area contributed by atoms with Crippen molar-refractivity contribution in [1.82, 2.24) is 0 Å². The summed E-state index contributed by atoms with van der Waals surface area (Å²) in [7, 11) is 0. The predicted molar refractivity (Wildman–Crippen MR) is 106 cm³/mol. The molecule has 3 rings (SSSR count). The average molecular weight is 433 g/mol. The standard InChI is InChI=1S/C21H15F4N3O3/c22-17-6-1-15(2-7-17)13-31-18-8-3-14(4-9-18)12-26-27-19-10-5-16(21(23,24)25)11-20(19)28(29)30/h1-12,27H,13H2/b26-12-. The van der Waals surface area contributed by atoms with E-state index in [4.69, 9.17) is 4.74 Å². The number of benzene rings is 3. The van der Waals surface area contributed by atoms with Gasteiger partial charge in [-0.15, -0.1) is 0 Å². The molecule has 1 N–H and O–H groups in total. The summed E-state index contributed by atoms with van der Waals surface area (Å²) >= 11 is 0. The van der Waals surface area contributed by atoms with Crippen LogP contribution in [0.1, 0.15) is 16.7 Å². The molecule has 3 aromatic rings. The SMILES string of the molecule is O=[N+]([O-])c1cc(C(F)(F)F)ccc1N/N=C\c1ccc(OCc2ccc(F)cc2)cc1. The molecule has 0 aliphatic carbocycles. The minimum atomic E-state index is -4.69. The molecule has 0 amide bonds. The highest BCUT2D eigenvalue weighted by atomic mass is 19.4. The molecule has 0 fully saturated rings. The van der Waals surface area contributed by atoms with Gasteiger partial charge < -0.3 is 4.74 Å². The molecule has 0 aromatic heterocycles. The zero-order valence-electron chi connectivity index (χ0n) is 15.8. The van der Waals surface area contributed by atoms with Crippen molar-refractivity contribution in [3.63, 3.8) is 0 Å². The van der Waals surface area contributed by atoms with Gasteiger partial charge in [0.05, 0.1) is 16.7 Å². The third-order valence-corrected chi connectivity index (χ3v) is 4.12. The second-order valence-corrected chi connectivity index (χ2v) is 6.34. The summed E-state index contributed by atoms with van der Waals surface area (Å²) in [6.07, 6.45) is -3.34. The van der Waals surface area contributed by atoms with Gasteiger partial charge in [-0.3, -0.25) is 15.5 Å². The lowest BCUT2D eigenvalue weighted by Gasteiger charge is -2.08. The summed E-state index contributed by atoms with van der Waals surface area (Å²) in [5.41, 5.74) is 1.78. The van der Waals surface area contributed by atoms with Gasteiger partial charge in [0.2, 0.25) is 0 Å². The van der Waals surface area contributed by atoms with Crippen LogP contribution in [0.15, 0.2) is 71.8 Å². The van der Waals surface area contributed by atoms with Crippen LogP contribution >= 0.6 is 0 Å². The Morgan fingerprint density at radius 2 is 1.71 bits per heavy atom. The molecule has 31 heavy (non-hydrogen) atoms. The van der Waals surface area contributed by atoms with E-state index in [0.29, 0.717) is 17.4 Å². The van der Waals surface area contributed by atoms with Crippen molar-refractivity contribution in [3.8, 4) is 5.75 Å². The summed E-state index contributed by atoms with van der Waals surface area (Å²) in [4.78, 5) is 10.1. The Hall–Kier alpha value is -3.95. The fraction of sp³-hybridized carbons (Fsp3) is 0.0952. The second kappa shape index (κ2) is 9.24. The van der Waals surface area contributed by atoms with E-state index in [1.807, 2.05) is 0 Å². The lowest BCUT2D eigenvalue weighted by atomic mass is 10.1. The number of nitro benzene ring substituents is 1. The van der Waals surface area contributed by atoms with E-state index in [1.54, 1.807) is 36.4 Å². The highest BCUT2D eigenvalue weighted by molar-refractivity contribution is 5.80. The third kappa shape index (κ3) is 6.01. The Kier molecular flexibility index (Phi) is 6.49. The molecule has 0 radical (unpaired) electrons. The number of nitrogens with zero attached hydrogens (tertiary/aromatic N) is 2. The van der Waals surface area contributed by atoms with E-state index in [9.17, 15) is 27.7 Å². The van der Waals surface area contributed by atoms with Gasteiger partial charge in [0.15, 0.2) is 0 Å². The van der Waals surface area contributed by atoms with Crippen LogP contribution in [0.3, 0.4) is 0 Å². The number of alkyl halides is 3. The van der Waals surface area contributed by atoms with Crippen molar-refractivity contribution in [2.75, 3.05) is 5.43 Å². The van der Waals surface area contributed by atoms with Crippen LogP contribution < -0.4 is 10.2 Å². The zero-order chi connectivity index (χ0) is 22.4. The molecular weight excluding hydrogens is 418 g/mol. The maximum atomic E-state index is 12.9. The molecule has 0 spiro atoms. The van der Waals surface area contributed by atoms with E-state index >= 15 is 0 Å². The summed E-state index contributed by atoms with van der Waals surface area (Å²) in [6, 6.07) is 14.7. The number of hydrogen-bond acceptors (Lipinski definition) is 5. The highest BCUT2D eigenvalue weighted by Crippen LogP contribution is 2.34. The number of hydrogen-bond donors (Lipinski definition) is 1. The lowest BCUT2D eigenvalue weighted by molar-refractivity contribution is -0.384. The number of halogens is 4. The molecule has 0 atom stereocenters. The fourth-order valence-electron chi connectivity index (χ4n) is 2.53. The quantitative estimate of drug-likeness (QED) is 0.222. The predicted octanol–water partition coefficient (Wildman–Crippen LogP) is 5.78. The van der Waals surface area contributed by atoms with E-state index in [1.165, 1.54) is 18.3 Å². The van der Waals surface area contributed by atoms with Crippen LogP contribution in [0.4, 0.5) is 28.9 Å². The minimum Gasteiger partial charge on any atom is -0.489 e. The summed E-state index contributed by atoms with van der Waals surface area (Å²) in [6.45, 7) is 0.257. The zero-order valence-corrected chi connectivity index (χ0v) is 15.8. The van der Waals surface area contributed by atoms with E-state index in [-0.39, 0.29) is 18.1 Å². The van der Waals surface area contributed by atoms with Crippen LogP contribution in [0.5, 0.6) is 5.75 Å². The van der Waals surface area contributed by atoms with Gasteiger partial charge in [-0.2, -0.15) is 18.3 Å². The van der Waals surface area contributed by atoms with Crippen molar-refractivity contribution >= 4 is 17.6 Å². The number of anilines is 1. The van der Waals surface area contributed by atoms with E-state index < -0.39 is 22.4 Å². The molecule has 0 aliphatic rings. The van der Waals surface area contributed by atoms with Crippen LogP contribution in [0.25, 0.3) is 0 Å². The first-order chi connectivity index (χ1) is 14.7. The molecule has 0 saturated carbocycles. The van der Waals surface area contributed by atoms with Crippen molar-refractivity contribution < 1.29 is 27.2 Å². The Bertz CT molecular complexity index is 1080. The number of nitrogens with one attached hydrogen (secondary N) is 1. The first-order valence-corrected chi connectivity index (χ1v) is 8.84. The number of rotatable bonds is 7. The number of ether oxygens (including phenoxy) is 1. The monoisotopic (exact) mass is 433 g/mol. The topological polar surface area (TPSA) is 76.8 Å². The molecule has 10 heteroatoms. The van der Waals surface area contributed by atoms with Gasteiger partial charge in [-0.05, 0) is 59.7 Å². The van der Waals surface area contributed by atoms with E-state index in [2.05, 4.69) is 10.5 Å². The average Bonchev–Trinajstić information content (AvgIpc) is 2.73. The maximum Gasteiger partial charge on any atom is 0.416 e. The maximum absolute atomic E-state index is 12.9. The molecule has 0 saturated heterocycles. The molecule has 0 unspecified atom stereocenters. The fourth-order valence-corrected chi connectivity index (χ4v) is 2.53. The van der Waals surface area contributed by atoms with Crippen LogP contribution in [-0.2, 0) is 12.8 Å². The number of nitro groups is 1. The Morgan fingerprint density at radius 1 is 1.03 bits per heavy atom. The van der Waals surface area contributed by atoms with Crippen molar-refractivity contribution in [1.29, 1.82) is 0 Å². The number of hydrazone groups is 1. The first-order valence-electron chi connectivity index (χ1n) is 8.84. The third-order valence-electron chi connectivity index (χ3n) is 4.12. The van der Waals surface area contributed by atoms with Crippen molar-refractivity contribution in [2.24, 2.45) is 5.10 Å². The Morgan fingerprint density at radius 3 is 2.32 bits per heavy atom. The smallest absolute Gasteiger partial charge is 0.416 e. The van der Waals surface area contributed by atoms with Crippen LogP contribution in [-0.4, -0.2) is 11.1 Å². The minimum absolute atomic E-state index is 0.173. The second-order valence-electron chi connectivity index (χ2n) is 6.34. The summed E-state index contributed by atoms with van der Waals surface area (Å²) in [5.74, 6) is 0.232. The van der Waals surface area contributed by atoms with Gasteiger partial charge in [0.25, 0.3) is 5.69 Å². The highest BCUT2D eigenvalue weighted by Gasteiger charge is 2.33. The van der Waals surface area contributed by atoms with E-state index in [0.717, 1.165) is 17.7 Å². The van der Waals surface area contributed by atoms with Gasteiger partial charge in [0, 0.05) is 6.07 Å². The largest absolute Gasteiger partial charge is 0.489 e. The van der Waals surface area contributed by atoms with Gasteiger partial charge in [0.1, 0.15) is 23.9 Å². The first kappa shape index (κ1) is 21.8. The molecular formula is C21H15F4N3O3. The molecule has 0 aliphatic heterocycles. The van der Waals surface area contributed by atoms with Crippen LogP contribution in [0.2, 0.25) is 0 Å². The summed E-state index contributed by atoms with van der Waals surface area (Å²) < 4.78 is 56.7. The molecule has 6 nitrogen and oxygen atoms in total. The molecule has 0 heterocycles. The molecule has 160 valence electrons. The Labute approximate surface area is 173 Å². The van der Waals surface area contributed by atoms with Gasteiger partial charge in [-0.25, -0.2) is 4.39 Å². The Balaban J connectivity index is 1.62. The molecule has 0 bridgehead atoms.